The fraction of sp³-hybridized carbons (Fsp3) is 0.0690. The topological polar surface area (TPSA) is 129 Å². The Morgan fingerprint density at radius 3 is 2.24 bits per heavy atom. The first-order valence-electron chi connectivity index (χ1n) is 11.3. The van der Waals surface area contributed by atoms with Crippen molar-refractivity contribution in [2.75, 3.05) is 5.32 Å². The summed E-state index contributed by atoms with van der Waals surface area (Å²) in [5, 5.41) is 32.4. The van der Waals surface area contributed by atoms with Gasteiger partial charge in [0, 0.05) is 22.7 Å². The summed E-state index contributed by atoms with van der Waals surface area (Å²) in [5.74, 6) is -0.716. The van der Waals surface area contributed by atoms with Crippen LogP contribution in [-0.4, -0.2) is 28.4 Å². The van der Waals surface area contributed by atoms with Crippen LogP contribution in [0.15, 0.2) is 103 Å². The second-order valence-electron chi connectivity index (χ2n) is 7.95. The van der Waals surface area contributed by atoms with Gasteiger partial charge in [-0.3, -0.25) is 5.32 Å². The van der Waals surface area contributed by atoms with Gasteiger partial charge in [-0.2, -0.15) is 5.26 Å². The molecule has 4 rings (SSSR count). The first-order chi connectivity index (χ1) is 17.9. The standard InChI is InChI=1S/C29H22N2O6/c30-18-19-10-12-20(13-11-19)31-29(35)37-28(24-14-15-25(32)23-9-5-4-8-22(23)24)26(16-17-27(33)34)36-21-6-2-1-3-7-21/h1-17,26,28,32H,(H,31,35)(H,33,34)/b17-16+/t26-,28-/m1/s1. The molecule has 0 fully saturated rings. The van der Waals surface area contributed by atoms with Crippen molar-refractivity contribution in [3.05, 3.63) is 114 Å². The molecule has 184 valence electrons. The molecule has 0 saturated heterocycles. The number of nitriles is 1. The van der Waals surface area contributed by atoms with Crippen molar-refractivity contribution in [2.24, 2.45) is 0 Å². The predicted octanol–water partition coefficient (Wildman–Crippen LogP) is 5.80. The van der Waals surface area contributed by atoms with Crippen LogP contribution in [0.3, 0.4) is 0 Å². The maximum atomic E-state index is 13.0. The number of fused-ring (bicyclic) bond motifs is 1. The van der Waals surface area contributed by atoms with E-state index < -0.39 is 24.3 Å². The van der Waals surface area contributed by atoms with E-state index in [-0.39, 0.29) is 5.75 Å². The maximum Gasteiger partial charge on any atom is 0.412 e. The average molecular weight is 495 g/mol. The lowest BCUT2D eigenvalue weighted by Crippen LogP contribution is -2.30. The van der Waals surface area contributed by atoms with Crippen molar-refractivity contribution in [1.29, 1.82) is 5.26 Å². The van der Waals surface area contributed by atoms with Crippen LogP contribution in [0.5, 0.6) is 11.5 Å². The van der Waals surface area contributed by atoms with E-state index in [4.69, 9.17) is 14.7 Å². The Bertz CT molecular complexity index is 1480. The van der Waals surface area contributed by atoms with Crippen molar-refractivity contribution in [1.82, 2.24) is 0 Å². The van der Waals surface area contributed by atoms with Crippen molar-refractivity contribution < 1.29 is 29.3 Å². The van der Waals surface area contributed by atoms with Gasteiger partial charge < -0.3 is 19.7 Å². The number of para-hydroxylation sites is 1. The lowest BCUT2D eigenvalue weighted by molar-refractivity contribution is -0.131. The molecule has 0 saturated carbocycles. The van der Waals surface area contributed by atoms with Crippen LogP contribution in [-0.2, 0) is 9.53 Å². The summed E-state index contributed by atoms with van der Waals surface area (Å²) >= 11 is 0. The summed E-state index contributed by atoms with van der Waals surface area (Å²) in [6, 6.07) is 27.1. The molecule has 4 aromatic rings. The summed E-state index contributed by atoms with van der Waals surface area (Å²) in [6.45, 7) is 0. The van der Waals surface area contributed by atoms with E-state index in [0.29, 0.717) is 33.3 Å². The molecule has 0 aliphatic carbocycles. The average Bonchev–Trinajstić information content (AvgIpc) is 2.91. The van der Waals surface area contributed by atoms with Crippen LogP contribution in [0, 0.1) is 11.3 Å². The van der Waals surface area contributed by atoms with Gasteiger partial charge in [-0.25, -0.2) is 9.59 Å². The quantitative estimate of drug-likeness (QED) is 0.264. The molecule has 0 unspecified atom stereocenters. The number of nitrogens with one attached hydrogen (secondary N) is 1. The third-order valence-electron chi connectivity index (χ3n) is 5.48. The second-order valence-corrected chi connectivity index (χ2v) is 7.95. The highest BCUT2D eigenvalue weighted by molar-refractivity contribution is 5.92. The smallest absolute Gasteiger partial charge is 0.412 e. The predicted molar refractivity (Wildman–Crippen MR) is 137 cm³/mol. The van der Waals surface area contributed by atoms with E-state index >= 15 is 0 Å². The maximum absolute atomic E-state index is 13.0. The number of nitrogens with zero attached hydrogens (tertiary/aromatic N) is 1. The molecule has 3 N–H and O–H groups in total. The number of aliphatic carboxylic acids is 1. The number of phenolic OH excluding ortho intramolecular Hbond substituents is 1. The van der Waals surface area contributed by atoms with Crippen LogP contribution in [0.1, 0.15) is 17.2 Å². The third-order valence-corrected chi connectivity index (χ3v) is 5.48. The molecular weight excluding hydrogens is 472 g/mol. The SMILES string of the molecule is N#Cc1ccc(NC(=O)O[C@H](c2ccc(O)c3ccccc23)[C@@H](/C=C/C(=O)O)Oc2ccccc2)cc1. The Balaban J connectivity index is 1.75. The number of benzene rings is 4. The second kappa shape index (κ2) is 11.4. The van der Waals surface area contributed by atoms with E-state index in [0.717, 1.165) is 6.08 Å². The zero-order valence-electron chi connectivity index (χ0n) is 19.4. The number of carboxylic acid groups (broad SMARTS) is 1. The monoisotopic (exact) mass is 494 g/mol. The number of rotatable bonds is 8. The first-order valence-corrected chi connectivity index (χ1v) is 11.3. The minimum absolute atomic E-state index is 0.0433. The van der Waals surface area contributed by atoms with Gasteiger partial charge in [0.1, 0.15) is 11.5 Å². The molecule has 0 aliphatic heterocycles. The number of hydrogen-bond donors (Lipinski definition) is 3. The van der Waals surface area contributed by atoms with Crippen LogP contribution in [0.4, 0.5) is 10.5 Å². The van der Waals surface area contributed by atoms with Crippen LogP contribution in [0.2, 0.25) is 0 Å². The van der Waals surface area contributed by atoms with Gasteiger partial charge in [0.25, 0.3) is 0 Å². The summed E-state index contributed by atoms with van der Waals surface area (Å²) in [7, 11) is 0. The molecule has 2 atom stereocenters. The Hall–Kier alpha value is -5.29. The van der Waals surface area contributed by atoms with Crippen LogP contribution < -0.4 is 10.1 Å². The number of amides is 1. The third kappa shape index (κ3) is 6.24. The minimum atomic E-state index is -1.20. The van der Waals surface area contributed by atoms with Crippen molar-refractivity contribution in [2.45, 2.75) is 12.2 Å². The molecule has 0 aromatic heterocycles. The van der Waals surface area contributed by atoms with Gasteiger partial charge in [-0.05, 0) is 53.9 Å². The highest BCUT2D eigenvalue weighted by atomic mass is 16.6. The number of hydrogen-bond acceptors (Lipinski definition) is 6. The zero-order valence-corrected chi connectivity index (χ0v) is 19.4. The number of aromatic hydroxyl groups is 1. The number of carboxylic acids is 1. The van der Waals surface area contributed by atoms with Crippen LogP contribution in [0.25, 0.3) is 10.8 Å². The zero-order chi connectivity index (χ0) is 26.2. The highest BCUT2D eigenvalue weighted by Gasteiger charge is 2.30. The minimum Gasteiger partial charge on any atom is -0.507 e. The fourth-order valence-corrected chi connectivity index (χ4v) is 3.79. The van der Waals surface area contributed by atoms with Gasteiger partial charge in [-0.15, -0.1) is 0 Å². The van der Waals surface area contributed by atoms with Gasteiger partial charge in [0.15, 0.2) is 12.2 Å². The summed E-state index contributed by atoms with van der Waals surface area (Å²) in [6.07, 6.45) is -0.753. The number of phenols is 1. The molecule has 0 bridgehead atoms. The molecule has 0 aliphatic rings. The molecule has 4 aromatic carbocycles. The molecular formula is C29H22N2O6. The van der Waals surface area contributed by atoms with Gasteiger partial charge in [-0.1, -0.05) is 48.5 Å². The summed E-state index contributed by atoms with van der Waals surface area (Å²) in [5.41, 5.74) is 1.33. The molecule has 8 heteroatoms. The molecule has 8 nitrogen and oxygen atoms in total. The molecule has 1 amide bonds. The van der Waals surface area contributed by atoms with Crippen LogP contribution >= 0.6 is 0 Å². The van der Waals surface area contributed by atoms with Crippen molar-refractivity contribution >= 4 is 28.5 Å². The van der Waals surface area contributed by atoms with Crippen molar-refractivity contribution in [3.63, 3.8) is 0 Å². The van der Waals surface area contributed by atoms with E-state index in [1.165, 1.54) is 12.1 Å². The van der Waals surface area contributed by atoms with E-state index in [1.54, 1.807) is 84.9 Å². The van der Waals surface area contributed by atoms with Gasteiger partial charge in [0.2, 0.25) is 0 Å². The lowest BCUT2D eigenvalue weighted by Gasteiger charge is -2.27. The van der Waals surface area contributed by atoms with Crippen molar-refractivity contribution in [3.8, 4) is 17.6 Å². The first kappa shape index (κ1) is 24.8. The number of anilines is 1. The summed E-state index contributed by atoms with van der Waals surface area (Å²) < 4.78 is 11.9. The number of carbonyl (C=O) groups is 2. The van der Waals surface area contributed by atoms with E-state index in [1.807, 2.05) is 6.07 Å². The van der Waals surface area contributed by atoms with E-state index in [9.17, 15) is 19.8 Å². The highest BCUT2D eigenvalue weighted by Crippen LogP contribution is 2.35. The van der Waals surface area contributed by atoms with E-state index in [2.05, 4.69) is 5.32 Å². The number of ether oxygens (including phenoxy) is 2. The summed E-state index contributed by atoms with van der Waals surface area (Å²) in [4.78, 5) is 24.4. The Morgan fingerprint density at radius 2 is 1.57 bits per heavy atom. The Kier molecular flexibility index (Phi) is 7.66. The normalized spacial score (nSPS) is 12.4. The lowest BCUT2D eigenvalue weighted by atomic mass is 9.96. The molecule has 0 heterocycles. The largest absolute Gasteiger partial charge is 0.507 e. The fourth-order valence-electron chi connectivity index (χ4n) is 3.79. The molecule has 37 heavy (non-hydrogen) atoms. The molecule has 0 radical (unpaired) electrons. The Morgan fingerprint density at radius 1 is 0.892 bits per heavy atom. The van der Waals surface area contributed by atoms with Gasteiger partial charge in [0.05, 0.1) is 11.6 Å². The Labute approximate surface area is 212 Å². The van der Waals surface area contributed by atoms with Gasteiger partial charge >= 0.3 is 12.1 Å². The molecule has 0 spiro atoms. The number of carbonyl (C=O) groups excluding carboxylic acids is 1.